The van der Waals surface area contributed by atoms with Gasteiger partial charge < -0.3 is 19.2 Å². The van der Waals surface area contributed by atoms with Gasteiger partial charge in [0.15, 0.2) is 0 Å². The molecule has 2 heterocycles. The van der Waals surface area contributed by atoms with E-state index in [2.05, 4.69) is 15.5 Å². The maximum Gasteiger partial charge on any atom is 0.348 e. The van der Waals surface area contributed by atoms with Crippen LogP contribution in [0, 0.1) is 13.8 Å². The minimum atomic E-state index is -0.621. The third-order valence-electron chi connectivity index (χ3n) is 4.34. The summed E-state index contributed by atoms with van der Waals surface area (Å²) in [7, 11) is 0. The molecule has 174 valence electrons. The van der Waals surface area contributed by atoms with Gasteiger partial charge in [-0.25, -0.2) is 9.59 Å². The number of aromatic nitrogens is 2. The van der Waals surface area contributed by atoms with E-state index in [1.165, 1.54) is 0 Å². The minimum absolute atomic E-state index is 0.0383. The van der Waals surface area contributed by atoms with Crippen molar-refractivity contribution < 1.29 is 28.3 Å². The van der Waals surface area contributed by atoms with Gasteiger partial charge in [0.25, 0.3) is 5.22 Å². The van der Waals surface area contributed by atoms with E-state index in [9.17, 15) is 14.4 Å². The van der Waals surface area contributed by atoms with Crippen molar-refractivity contribution in [2.24, 2.45) is 0 Å². The van der Waals surface area contributed by atoms with E-state index in [0.717, 1.165) is 34.2 Å². The Kier molecular flexibility index (Phi) is 8.23. The smallest absolute Gasteiger partial charge is 0.348 e. The first-order valence-electron chi connectivity index (χ1n) is 10.1. The summed E-state index contributed by atoms with van der Waals surface area (Å²) < 4.78 is 15.8. The molecule has 1 amide bonds. The third kappa shape index (κ3) is 5.99. The van der Waals surface area contributed by atoms with Crippen LogP contribution in [0.1, 0.15) is 45.0 Å². The quantitative estimate of drug-likeness (QED) is 0.342. The zero-order chi connectivity index (χ0) is 24.0. The Balaban J connectivity index is 1.71. The molecule has 1 aromatic carbocycles. The molecule has 0 radical (unpaired) electrons. The van der Waals surface area contributed by atoms with E-state index >= 15 is 0 Å². The second-order valence-corrected chi connectivity index (χ2v) is 8.73. The van der Waals surface area contributed by atoms with Gasteiger partial charge in [-0.3, -0.25) is 4.79 Å². The molecule has 0 atom stereocenters. The Morgan fingerprint density at radius 3 is 2.52 bits per heavy atom. The van der Waals surface area contributed by atoms with Crippen LogP contribution in [0.3, 0.4) is 0 Å². The Morgan fingerprint density at radius 1 is 1.09 bits per heavy atom. The van der Waals surface area contributed by atoms with E-state index in [-0.39, 0.29) is 39.6 Å². The predicted octanol–water partition coefficient (Wildman–Crippen LogP) is 4.50. The number of carbonyl (C=O) groups is 3. The average Bonchev–Trinajstić information content (AvgIpc) is 3.37. The number of benzene rings is 1. The molecule has 0 fully saturated rings. The highest BCUT2D eigenvalue weighted by Crippen LogP contribution is 2.34. The summed E-state index contributed by atoms with van der Waals surface area (Å²) in [6.45, 7) is 7.30. The number of amides is 1. The average molecular weight is 490 g/mol. The van der Waals surface area contributed by atoms with Gasteiger partial charge in [-0.15, -0.1) is 21.5 Å². The number of nitrogens with zero attached hydrogens (tertiary/aromatic N) is 2. The van der Waals surface area contributed by atoms with Crippen molar-refractivity contribution >= 4 is 45.9 Å². The number of aryl methyl sites for hydroxylation is 1. The normalized spacial score (nSPS) is 10.7. The fourth-order valence-corrected chi connectivity index (χ4v) is 4.56. The van der Waals surface area contributed by atoms with Gasteiger partial charge in [-0.1, -0.05) is 29.5 Å². The molecule has 3 aromatic rings. The van der Waals surface area contributed by atoms with Gasteiger partial charge in [0, 0.05) is 5.56 Å². The maximum absolute atomic E-state index is 12.6. The fraction of sp³-hybridized carbons (Fsp3) is 0.318. The van der Waals surface area contributed by atoms with E-state index in [1.54, 1.807) is 20.8 Å². The van der Waals surface area contributed by atoms with Crippen LogP contribution in [-0.2, 0) is 14.3 Å². The number of carbonyl (C=O) groups excluding carboxylic acids is 3. The van der Waals surface area contributed by atoms with E-state index in [1.807, 2.05) is 31.2 Å². The van der Waals surface area contributed by atoms with Crippen LogP contribution < -0.4 is 5.32 Å². The SMILES string of the molecule is CCOC(=O)c1sc(NC(=O)CSc2nnc(-c3cccc(C)c3)o2)c(C(=O)OCC)c1C. The van der Waals surface area contributed by atoms with Crippen LogP contribution in [-0.4, -0.2) is 47.0 Å². The molecular weight excluding hydrogens is 466 g/mol. The maximum atomic E-state index is 12.6. The molecule has 1 N–H and O–H groups in total. The number of thiophene rings is 1. The lowest BCUT2D eigenvalue weighted by Crippen LogP contribution is -2.16. The largest absolute Gasteiger partial charge is 0.462 e. The van der Waals surface area contributed by atoms with Crippen LogP contribution in [0.2, 0.25) is 0 Å². The van der Waals surface area contributed by atoms with Crippen LogP contribution in [0.5, 0.6) is 0 Å². The first-order chi connectivity index (χ1) is 15.8. The first kappa shape index (κ1) is 24.5. The van der Waals surface area contributed by atoms with Crippen LogP contribution in [0.15, 0.2) is 33.9 Å². The molecule has 0 saturated heterocycles. The molecule has 0 aliphatic heterocycles. The van der Waals surface area contributed by atoms with E-state index in [0.29, 0.717) is 11.5 Å². The Morgan fingerprint density at radius 2 is 1.82 bits per heavy atom. The predicted molar refractivity (Wildman–Crippen MR) is 125 cm³/mol. The van der Waals surface area contributed by atoms with Crippen molar-refractivity contribution in [2.75, 3.05) is 24.3 Å². The highest BCUT2D eigenvalue weighted by molar-refractivity contribution is 7.99. The van der Waals surface area contributed by atoms with Crippen LogP contribution >= 0.6 is 23.1 Å². The van der Waals surface area contributed by atoms with E-state index < -0.39 is 17.8 Å². The lowest BCUT2D eigenvalue weighted by Gasteiger charge is -2.06. The second kappa shape index (κ2) is 11.1. The third-order valence-corrected chi connectivity index (χ3v) is 6.34. The molecular formula is C22H23N3O6S2. The summed E-state index contributed by atoms with van der Waals surface area (Å²) in [4.78, 5) is 37.5. The van der Waals surface area contributed by atoms with Gasteiger partial charge in [-0.2, -0.15) is 0 Å². The topological polar surface area (TPSA) is 121 Å². The summed E-state index contributed by atoms with van der Waals surface area (Å²) in [5, 5.41) is 11.1. The van der Waals surface area contributed by atoms with Crippen molar-refractivity contribution in [3.63, 3.8) is 0 Å². The molecule has 0 unspecified atom stereocenters. The lowest BCUT2D eigenvalue weighted by molar-refractivity contribution is -0.113. The van der Waals surface area contributed by atoms with E-state index in [4.69, 9.17) is 13.9 Å². The van der Waals surface area contributed by atoms with Crippen LogP contribution in [0.25, 0.3) is 11.5 Å². The molecule has 9 nitrogen and oxygen atoms in total. The number of rotatable bonds is 9. The number of esters is 2. The number of anilines is 1. The van der Waals surface area contributed by atoms with Crippen molar-refractivity contribution in [1.82, 2.24) is 10.2 Å². The molecule has 0 aliphatic carbocycles. The molecule has 11 heteroatoms. The Labute approximate surface area is 198 Å². The number of hydrogen-bond acceptors (Lipinski definition) is 10. The minimum Gasteiger partial charge on any atom is -0.462 e. The van der Waals surface area contributed by atoms with Gasteiger partial charge in [0.05, 0.1) is 24.5 Å². The van der Waals surface area contributed by atoms with Crippen molar-refractivity contribution in [3.05, 3.63) is 45.8 Å². The Hall–Kier alpha value is -3.18. The van der Waals surface area contributed by atoms with Crippen molar-refractivity contribution in [1.29, 1.82) is 0 Å². The summed E-state index contributed by atoms with van der Waals surface area (Å²) in [5.74, 6) is -1.26. The molecule has 0 spiro atoms. The Bertz CT molecular complexity index is 1170. The van der Waals surface area contributed by atoms with Gasteiger partial charge >= 0.3 is 11.9 Å². The van der Waals surface area contributed by atoms with Crippen molar-refractivity contribution in [2.45, 2.75) is 32.9 Å². The van der Waals surface area contributed by atoms with Gasteiger partial charge in [0.1, 0.15) is 9.88 Å². The van der Waals surface area contributed by atoms with Crippen LogP contribution in [0.4, 0.5) is 5.00 Å². The summed E-state index contributed by atoms with van der Waals surface area (Å²) in [6, 6.07) is 7.64. The van der Waals surface area contributed by atoms with Gasteiger partial charge in [-0.05, 0) is 45.4 Å². The number of ether oxygens (including phenoxy) is 2. The number of thioether (sulfide) groups is 1. The molecule has 33 heavy (non-hydrogen) atoms. The molecule has 0 saturated carbocycles. The standard InChI is InChI=1S/C22H23N3O6S2/c1-5-29-20(27)16-13(4)17(21(28)30-6-2)33-19(16)23-15(26)11-32-22-25-24-18(31-22)14-9-7-8-12(3)10-14/h7-10H,5-6,11H2,1-4H3,(H,23,26). The number of hydrogen-bond donors (Lipinski definition) is 1. The molecule has 3 rings (SSSR count). The van der Waals surface area contributed by atoms with Crippen molar-refractivity contribution in [3.8, 4) is 11.5 Å². The second-order valence-electron chi connectivity index (χ2n) is 6.78. The summed E-state index contributed by atoms with van der Waals surface area (Å²) >= 11 is 2.04. The fourth-order valence-electron chi connectivity index (χ4n) is 2.89. The molecule has 2 aromatic heterocycles. The molecule has 0 bridgehead atoms. The highest BCUT2D eigenvalue weighted by atomic mass is 32.2. The first-order valence-corrected chi connectivity index (χ1v) is 11.9. The van der Waals surface area contributed by atoms with Gasteiger partial charge in [0.2, 0.25) is 11.8 Å². The lowest BCUT2D eigenvalue weighted by atomic mass is 10.1. The summed E-state index contributed by atoms with van der Waals surface area (Å²) in [5.41, 5.74) is 2.39. The molecule has 0 aliphatic rings. The zero-order valence-corrected chi connectivity index (χ0v) is 20.2. The highest BCUT2D eigenvalue weighted by Gasteiger charge is 2.27. The number of nitrogens with one attached hydrogen (secondary N) is 1. The summed E-state index contributed by atoms with van der Waals surface area (Å²) in [6.07, 6.45) is 0. The monoisotopic (exact) mass is 489 g/mol. The zero-order valence-electron chi connectivity index (χ0n) is 18.6.